The van der Waals surface area contributed by atoms with Crippen LogP contribution in [0.3, 0.4) is 0 Å². The van der Waals surface area contributed by atoms with E-state index >= 15 is 0 Å². The molecule has 9 heteroatoms. The Morgan fingerprint density at radius 2 is 2.12 bits per heavy atom. The predicted molar refractivity (Wildman–Crippen MR) is 107 cm³/mol. The maximum Gasteiger partial charge on any atom is 0.216 e. The number of morpholine rings is 1. The van der Waals surface area contributed by atoms with Crippen LogP contribution in [0.25, 0.3) is 0 Å². The van der Waals surface area contributed by atoms with E-state index in [2.05, 4.69) is 21.8 Å². The summed E-state index contributed by atoms with van der Waals surface area (Å²) < 4.78 is 32.3. The molecule has 2 rings (SSSR count). The van der Waals surface area contributed by atoms with Gasteiger partial charge in [-0.15, -0.1) is 11.3 Å². The fraction of sp³-hybridized carbons (Fsp3) is 0.706. The lowest BCUT2D eigenvalue weighted by molar-refractivity contribution is -0.0440. The molecule has 0 amide bonds. The van der Waals surface area contributed by atoms with Gasteiger partial charge in [-0.2, -0.15) is 4.31 Å². The first-order valence-electron chi connectivity index (χ1n) is 8.89. The van der Waals surface area contributed by atoms with E-state index in [4.69, 9.17) is 4.74 Å². The van der Waals surface area contributed by atoms with Crippen LogP contribution in [-0.4, -0.2) is 81.8 Å². The van der Waals surface area contributed by atoms with Crippen molar-refractivity contribution in [2.45, 2.75) is 32.5 Å². The average Bonchev–Trinajstić information content (AvgIpc) is 3.09. The Labute approximate surface area is 161 Å². The topological polar surface area (TPSA) is 74.2 Å². The third-order valence-corrected chi connectivity index (χ3v) is 7.01. The second-order valence-corrected chi connectivity index (χ2v) is 9.74. The molecule has 1 aromatic heterocycles. The molecule has 26 heavy (non-hydrogen) atoms. The monoisotopic (exact) mass is 402 g/mol. The molecule has 2 unspecified atom stereocenters. The van der Waals surface area contributed by atoms with Crippen molar-refractivity contribution in [1.82, 2.24) is 14.5 Å². The van der Waals surface area contributed by atoms with Crippen LogP contribution in [0, 0.1) is 0 Å². The minimum absolute atomic E-state index is 0.0459. The Kier molecular flexibility index (Phi) is 7.87. The lowest BCUT2D eigenvalue weighted by atomic mass is 10.3. The molecule has 1 aromatic rings. The highest BCUT2D eigenvalue weighted by atomic mass is 32.2. The first-order valence-corrected chi connectivity index (χ1v) is 11.4. The minimum atomic E-state index is -3.31. The number of nitrogens with one attached hydrogen (secondary N) is 1. The molecule has 1 aliphatic rings. The van der Waals surface area contributed by atoms with Crippen molar-refractivity contribution in [2.24, 2.45) is 4.99 Å². The van der Waals surface area contributed by atoms with Gasteiger partial charge in [0.15, 0.2) is 5.96 Å². The molecule has 0 bridgehead atoms. The van der Waals surface area contributed by atoms with Crippen molar-refractivity contribution in [3.8, 4) is 0 Å². The van der Waals surface area contributed by atoms with Crippen LogP contribution in [0.1, 0.15) is 18.7 Å². The lowest BCUT2D eigenvalue weighted by Gasteiger charge is -2.34. The number of sulfonamides is 1. The number of hydrogen-bond acceptors (Lipinski definition) is 5. The molecular weight excluding hydrogens is 372 g/mol. The van der Waals surface area contributed by atoms with Crippen molar-refractivity contribution < 1.29 is 13.2 Å². The highest BCUT2D eigenvalue weighted by molar-refractivity contribution is 7.89. The third kappa shape index (κ3) is 6.22. The highest BCUT2D eigenvalue weighted by Crippen LogP contribution is 2.14. The normalized spacial score (nSPS) is 22.4. The molecule has 2 atom stereocenters. The maximum atomic E-state index is 12.6. The Morgan fingerprint density at radius 3 is 2.69 bits per heavy atom. The average molecular weight is 403 g/mol. The molecule has 1 fully saturated rings. The van der Waals surface area contributed by atoms with Crippen LogP contribution in [0.2, 0.25) is 0 Å². The first kappa shape index (κ1) is 21.1. The Bertz CT molecular complexity index is 666. The summed E-state index contributed by atoms with van der Waals surface area (Å²) in [6, 6.07) is 4.16. The Morgan fingerprint density at radius 1 is 1.42 bits per heavy atom. The number of rotatable bonds is 7. The highest BCUT2D eigenvalue weighted by Gasteiger charge is 2.30. The van der Waals surface area contributed by atoms with E-state index in [1.807, 2.05) is 31.9 Å². The maximum absolute atomic E-state index is 12.6. The second-order valence-electron chi connectivity index (χ2n) is 6.62. The summed E-state index contributed by atoms with van der Waals surface area (Å²) in [5.41, 5.74) is 0. The summed E-state index contributed by atoms with van der Waals surface area (Å²) in [6.07, 6.45) is 0.798. The van der Waals surface area contributed by atoms with Gasteiger partial charge in [0, 0.05) is 45.2 Å². The summed E-state index contributed by atoms with van der Waals surface area (Å²) in [6.45, 7) is 5.80. The van der Waals surface area contributed by atoms with Gasteiger partial charge in [-0.3, -0.25) is 4.99 Å². The quantitative estimate of drug-likeness (QED) is 0.549. The fourth-order valence-electron chi connectivity index (χ4n) is 3.00. The van der Waals surface area contributed by atoms with Gasteiger partial charge in [0.25, 0.3) is 0 Å². The van der Waals surface area contributed by atoms with Crippen LogP contribution >= 0.6 is 11.3 Å². The van der Waals surface area contributed by atoms with Gasteiger partial charge in [-0.25, -0.2) is 8.42 Å². The molecular formula is C17H30N4O3S2. The molecule has 148 valence electrons. The number of aliphatic imine (C=N–C) groups is 1. The van der Waals surface area contributed by atoms with E-state index in [0.29, 0.717) is 25.6 Å². The molecule has 1 aliphatic heterocycles. The van der Waals surface area contributed by atoms with Crippen molar-refractivity contribution in [1.29, 1.82) is 0 Å². The van der Waals surface area contributed by atoms with Gasteiger partial charge in [0.1, 0.15) is 0 Å². The van der Waals surface area contributed by atoms with Crippen LogP contribution in [0.5, 0.6) is 0 Å². The van der Waals surface area contributed by atoms with Crippen LogP contribution < -0.4 is 5.32 Å². The summed E-state index contributed by atoms with van der Waals surface area (Å²) in [4.78, 5) is 7.59. The molecule has 0 aromatic carbocycles. The van der Waals surface area contributed by atoms with Gasteiger partial charge in [-0.05, 0) is 31.7 Å². The van der Waals surface area contributed by atoms with Crippen molar-refractivity contribution >= 4 is 27.3 Å². The Hall–Kier alpha value is -1.16. The third-order valence-electron chi connectivity index (χ3n) is 4.27. The van der Waals surface area contributed by atoms with Crippen LogP contribution in [0.15, 0.2) is 22.5 Å². The zero-order chi connectivity index (χ0) is 19.2. The standard InChI is InChI=1S/C17H30N4O3S2/c1-14-12-21(13-15(2)24-14)26(22,23)11-8-19-17(18-3)20(4)9-7-16-6-5-10-25-16/h5-6,10,14-15H,7-9,11-13H2,1-4H3,(H,18,19). The van der Waals surface area contributed by atoms with Crippen LogP contribution in [0.4, 0.5) is 0 Å². The van der Waals surface area contributed by atoms with E-state index in [1.165, 1.54) is 9.18 Å². The number of ether oxygens (including phenoxy) is 1. The van der Waals surface area contributed by atoms with Crippen molar-refractivity contribution in [3.05, 3.63) is 22.4 Å². The lowest BCUT2D eigenvalue weighted by Crippen LogP contribution is -2.50. The smallest absolute Gasteiger partial charge is 0.216 e. The number of guanidine groups is 1. The molecule has 0 aliphatic carbocycles. The zero-order valence-electron chi connectivity index (χ0n) is 16.0. The summed E-state index contributed by atoms with van der Waals surface area (Å²) in [5, 5.41) is 5.23. The summed E-state index contributed by atoms with van der Waals surface area (Å²) in [5.74, 6) is 0.755. The zero-order valence-corrected chi connectivity index (χ0v) is 17.6. The number of thiophene rings is 1. The minimum Gasteiger partial charge on any atom is -0.373 e. The first-order chi connectivity index (χ1) is 12.3. The van der Waals surface area contributed by atoms with Gasteiger partial charge < -0.3 is 15.0 Å². The van der Waals surface area contributed by atoms with E-state index in [0.717, 1.165) is 13.0 Å². The van der Waals surface area contributed by atoms with Gasteiger partial charge >= 0.3 is 0 Å². The molecule has 1 N–H and O–H groups in total. The molecule has 1 saturated heterocycles. The van der Waals surface area contributed by atoms with E-state index in [1.54, 1.807) is 18.4 Å². The molecule has 2 heterocycles. The van der Waals surface area contributed by atoms with Gasteiger partial charge in [-0.1, -0.05) is 6.07 Å². The largest absolute Gasteiger partial charge is 0.373 e. The second kappa shape index (κ2) is 9.68. The number of hydrogen-bond donors (Lipinski definition) is 1. The van der Waals surface area contributed by atoms with E-state index in [-0.39, 0.29) is 18.0 Å². The number of likely N-dealkylation sites (N-methyl/N-ethyl adjacent to an activating group) is 1. The van der Waals surface area contributed by atoms with Gasteiger partial charge in [0.2, 0.25) is 10.0 Å². The predicted octanol–water partition coefficient (Wildman–Crippen LogP) is 1.24. The molecule has 0 spiro atoms. The van der Waals surface area contributed by atoms with E-state index in [9.17, 15) is 8.42 Å². The van der Waals surface area contributed by atoms with Gasteiger partial charge in [0.05, 0.1) is 18.0 Å². The Balaban J connectivity index is 1.80. The summed E-state index contributed by atoms with van der Waals surface area (Å²) >= 11 is 1.74. The SMILES string of the molecule is CN=C(NCCS(=O)(=O)N1CC(C)OC(C)C1)N(C)CCc1cccs1. The van der Waals surface area contributed by atoms with E-state index < -0.39 is 10.0 Å². The summed E-state index contributed by atoms with van der Waals surface area (Å²) in [7, 11) is 0.366. The molecule has 7 nitrogen and oxygen atoms in total. The van der Waals surface area contributed by atoms with Crippen LogP contribution in [-0.2, 0) is 21.2 Å². The molecule has 0 saturated carbocycles. The van der Waals surface area contributed by atoms with Crippen molar-refractivity contribution in [2.75, 3.05) is 46.0 Å². The fourth-order valence-corrected chi connectivity index (χ4v) is 5.19. The molecule has 0 radical (unpaired) electrons. The number of nitrogens with zero attached hydrogens (tertiary/aromatic N) is 3. The van der Waals surface area contributed by atoms with Crippen molar-refractivity contribution in [3.63, 3.8) is 0 Å².